The van der Waals surface area contributed by atoms with Crippen molar-refractivity contribution >= 4 is 39.7 Å². The summed E-state index contributed by atoms with van der Waals surface area (Å²) in [4.78, 5) is 26.9. The van der Waals surface area contributed by atoms with Crippen LogP contribution >= 0.6 is 22.6 Å². The fraction of sp³-hybridized carbons (Fsp3) is 0.571. The van der Waals surface area contributed by atoms with E-state index < -0.39 is 0 Å². The van der Waals surface area contributed by atoms with Gasteiger partial charge in [0.2, 0.25) is 5.95 Å². The average molecular weight is 399 g/mol. The lowest BCUT2D eigenvalue weighted by atomic mass is 9.86. The smallest absolute Gasteiger partial charge is 0.280 e. The number of H-pyrrole nitrogens is 1. The highest BCUT2D eigenvalue weighted by Crippen LogP contribution is 2.31. The number of nitrogens with two attached hydrogens (primary N) is 1. The number of hydrogen-bond acceptors (Lipinski definition) is 5. The van der Waals surface area contributed by atoms with Gasteiger partial charge in [-0.25, -0.2) is 9.97 Å². The molecule has 0 bridgehead atoms. The van der Waals surface area contributed by atoms with Crippen LogP contribution in [0.3, 0.4) is 0 Å². The van der Waals surface area contributed by atoms with E-state index in [1.807, 2.05) is 0 Å². The van der Waals surface area contributed by atoms with Crippen LogP contribution in [0.4, 0.5) is 5.95 Å². The predicted octanol–water partition coefficient (Wildman–Crippen LogP) is 2.22. The van der Waals surface area contributed by atoms with Gasteiger partial charge in [0.1, 0.15) is 0 Å². The SMILES string of the molecule is Nc1nc2ncc(CCC3CCC(I)CC3)nc2c(=O)[nH]1. The second-order valence-corrected chi connectivity index (χ2v) is 7.40. The second-order valence-electron chi connectivity index (χ2n) is 5.64. The van der Waals surface area contributed by atoms with Gasteiger partial charge in [0.25, 0.3) is 5.56 Å². The van der Waals surface area contributed by atoms with Crippen LogP contribution in [-0.4, -0.2) is 23.9 Å². The molecule has 0 radical (unpaired) electrons. The lowest BCUT2D eigenvalue weighted by Gasteiger charge is -2.24. The van der Waals surface area contributed by atoms with Crippen LogP contribution in [0.15, 0.2) is 11.0 Å². The molecule has 0 atom stereocenters. The van der Waals surface area contributed by atoms with Crippen LogP contribution in [-0.2, 0) is 6.42 Å². The molecule has 0 unspecified atom stereocenters. The first kappa shape index (κ1) is 14.7. The monoisotopic (exact) mass is 399 g/mol. The molecule has 1 fully saturated rings. The molecule has 112 valence electrons. The molecule has 3 rings (SSSR count). The Hall–Kier alpha value is -1.25. The Morgan fingerprint density at radius 3 is 2.81 bits per heavy atom. The number of hydrogen-bond donors (Lipinski definition) is 2. The lowest BCUT2D eigenvalue weighted by molar-refractivity contribution is 0.350. The summed E-state index contributed by atoms with van der Waals surface area (Å²) in [5, 5.41) is 0. The third-order valence-electron chi connectivity index (χ3n) is 4.07. The summed E-state index contributed by atoms with van der Waals surface area (Å²) in [5.41, 5.74) is 6.62. The van der Waals surface area contributed by atoms with Gasteiger partial charge in [0.15, 0.2) is 11.2 Å². The Labute approximate surface area is 136 Å². The van der Waals surface area contributed by atoms with E-state index in [2.05, 4.69) is 42.5 Å². The molecular formula is C14H18IN5O. The van der Waals surface area contributed by atoms with Crippen molar-refractivity contribution in [3.05, 3.63) is 22.2 Å². The van der Waals surface area contributed by atoms with Crippen molar-refractivity contribution < 1.29 is 0 Å². The first-order valence-electron chi connectivity index (χ1n) is 7.27. The molecule has 0 amide bonds. The number of nitrogens with zero attached hydrogens (tertiary/aromatic N) is 3. The van der Waals surface area contributed by atoms with Crippen LogP contribution in [0.25, 0.3) is 11.2 Å². The molecule has 1 saturated carbocycles. The number of nitrogens with one attached hydrogen (secondary N) is 1. The van der Waals surface area contributed by atoms with Crippen LogP contribution in [0.1, 0.15) is 37.8 Å². The molecule has 1 aliphatic rings. The van der Waals surface area contributed by atoms with E-state index in [4.69, 9.17) is 5.73 Å². The molecule has 6 nitrogen and oxygen atoms in total. The highest BCUT2D eigenvalue weighted by Gasteiger charge is 2.19. The number of aryl methyl sites for hydroxylation is 1. The molecule has 1 aliphatic carbocycles. The summed E-state index contributed by atoms with van der Waals surface area (Å²) in [7, 11) is 0. The highest BCUT2D eigenvalue weighted by atomic mass is 127. The molecule has 2 heterocycles. The molecule has 21 heavy (non-hydrogen) atoms. The summed E-state index contributed by atoms with van der Waals surface area (Å²) in [6.45, 7) is 0. The van der Waals surface area contributed by atoms with Gasteiger partial charge in [-0.2, -0.15) is 4.98 Å². The van der Waals surface area contributed by atoms with Crippen molar-refractivity contribution in [1.82, 2.24) is 19.9 Å². The highest BCUT2D eigenvalue weighted by molar-refractivity contribution is 14.1. The minimum Gasteiger partial charge on any atom is -0.369 e. The molecule has 2 aromatic heterocycles. The largest absolute Gasteiger partial charge is 0.369 e. The van der Waals surface area contributed by atoms with Gasteiger partial charge < -0.3 is 5.73 Å². The predicted molar refractivity (Wildman–Crippen MR) is 90.5 cm³/mol. The number of halogens is 1. The van der Waals surface area contributed by atoms with Gasteiger partial charge in [0.05, 0.1) is 11.9 Å². The molecule has 2 aromatic rings. The Morgan fingerprint density at radius 1 is 1.29 bits per heavy atom. The van der Waals surface area contributed by atoms with Gasteiger partial charge >= 0.3 is 0 Å². The zero-order valence-corrected chi connectivity index (χ0v) is 13.8. The standard InChI is InChI=1S/C14H18IN5O/c15-9-4-1-8(2-5-9)3-6-10-7-17-12-11(18-10)13(21)20-14(16)19-12/h7-9H,1-6H2,(H3,16,17,19,20,21). The van der Waals surface area contributed by atoms with Crippen LogP contribution < -0.4 is 11.3 Å². The Bertz CT molecular complexity index is 693. The molecule has 0 aliphatic heterocycles. The number of fused-ring (bicyclic) bond motifs is 1. The zero-order chi connectivity index (χ0) is 14.8. The minimum absolute atomic E-state index is 0.0742. The molecule has 3 N–H and O–H groups in total. The van der Waals surface area contributed by atoms with Gasteiger partial charge in [-0.15, -0.1) is 0 Å². The Morgan fingerprint density at radius 2 is 2.05 bits per heavy atom. The van der Waals surface area contributed by atoms with Crippen LogP contribution in [0.5, 0.6) is 0 Å². The van der Waals surface area contributed by atoms with Gasteiger partial charge in [-0.3, -0.25) is 9.78 Å². The fourth-order valence-electron chi connectivity index (χ4n) is 2.85. The number of aromatic nitrogens is 4. The van der Waals surface area contributed by atoms with Crippen LogP contribution in [0, 0.1) is 5.92 Å². The zero-order valence-electron chi connectivity index (χ0n) is 11.7. The van der Waals surface area contributed by atoms with E-state index in [9.17, 15) is 4.79 Å². The van der Waals surface area contributed by atoms with Crippen molar-refractivity contribution in [2.75, 3.05) is 5.73 Å². The third-order valence-corrected chi connectivity index (χ3v) is 5.32. The molecular weight excluding hydrogens is 381 g/mol. The summed E-state index contributed by atoms with van der Waals surface area (Å²) < 4.78 is 0.842. The molecule has 0 saturated heterocycles. The number of rotatable bonds is 3. The van der Waals surface area contributed by atoms with Gasteiger partial charge in [-0.05, 0) is 44.4 Å². The van der Waals surface area contributed by atoms with Crippen molar-refractivity contribution in [3.8, 4) is 0 Å². The van der Waals surface area contributed by atoms with E-state index in [0.717, 1.165) is 28.4 Å². The minimum atomic E-state index is -0.322. The van der Waals surface area contributed by atoms with Crippen molar-refractivity contribution in [1.29, 1.82) is 0 Å². The summed E-state index contributed by atoms with van der Waals surface area (Å²) in [5.74, 6) is 0.849. The van der Waals surface area contributed by atoms with E-state index in [1.165, 1.54) is 25.7 Å². The third kappa shape index (κ3) is 3.50. The molecule has 7 heteroatoms. The normalized spacial score (nSPS) is 22.5. The number of alkyl halides is 1. The summed E-state index contributed by atoms with van der Waals surface area (Å²) >= 11 is 2.54. The van der Waals surface area contributed by atoms with Crippen LogP contribution in [0.2, 0.25) is 0 Å². The van der Waals surface area contributed by atoms with Crippen molar-refractivity contribution in [2.45, 2.75) is 42.4 Å². The number of nitrogen functional groups attached to an aromatic ring is 1. The lowest BCUT2D eigenvalue weighted by Crippen LogP contribution is -2.16. The second kappa shape index (κ2) is 6.25. The van der Waals surface area contributed by atoms with E-state index in [1.54, 1.807) is 6.20 Å². The topological polar surface area (TPSA) is 97.5 Å². The van der Waals surface area contributed by atoms with Crippen molar-refractivity contribution in [2.24, 2.45) is 5.92 Å². The maximum absolute atomic E-state index is 11.8. The average Bonchev–Trinajstić information content (AvgIpc) is 2.47. The first-order chi connectivity index (χ1) is 10.1. The van der Waals surface area contributed by atoms with Gasteiger partial charge in [0, 0.05) is 3.92 Å². The fourth-order valence-corrected chi connectivity index (χ4v) is 3.57. The van der Waals surface area contributed by atoms with Crippen molar-refractivity contribution in [3.63, 3.8) is 0 Å². The number of anilines is 1. The van der Waals surface area contributed by atoms with Gasteiger partial charge in [-0.1, -0.05) is 22.6 Å². The van der Waals surface area contributed by atoms with E-state index in [0.29, 0.717) is 5.65 Å². The summed E-state index contributed by atoms with van der Waals surface area (Å²) in [6, 6.07) is 0. The Kier molecular flexibility index (Phi) is 4.37. The Balaban J connectivity index is 1.71. The first-order valence-corrected chi connectivity index (χ1v) is 8.52. The van der Waals surface area contributed by atoms with E-state index >= 15 is 0 Å². The van der Waals surface area contributed by atoms with E-state index in [-0.39, 0.29) is 17.0 Å². The molecule has 0 aromatic carbocycles. The maximum atomic E-state index is 11.8. The maximum Gasteiger partial charge on any atom is 0.280 e. The quantitative estimate of drug-likeness (QED) is 0.610. The number of aromatic amines is 1. The molecule has 0 spiro atoms. The summed E-state index contributed by atoms with van der Waals surface area (Å²) in [6.07, 6.45) is 8.92.